The largest absolute Gasteiger partial charge is 0.376 e. The lowest BCUT2D eigenvalue weighted by Crippen LogP contribution is -2.18. The molecule has 0 amide bonds. The number of ether oxygens (including phenoxy) is 1. The summed E-state index contributed by atoms with van der Waals surface area (Å²) in [6.45, 7) is 3.76. The number of rotatable bonds is 1. The van der Waals surface area contributed by atoms with Gasteiger partial charge in [-0.3, -0.25) is 0 Å². The maximum absolute atomic E-state index is 5.45. The van der Waals surface area contributed by atoms with Crippen molar-refractivity contribution in [2.45, 2.75) is 51.6 Å². The Bertz CT molecular complexity index is 489. The molecule has 1 saturated carbocycles. The Morgan fingerprint density at radius 2 is 2.06 bits per heavy atom. The van der Waals surface area contributed by atoms with Crippen LogP contribution in [0.15, 0.2) is 0 Å². The van der Waals surface area contributed by atoms with Crippen LogP contribution < -0.4 is 0 Å². The van der Waals surface area contributed by atoms with Crippen LogP contribution in [-0.4, -0.2) is 16.6 Å². The number of aromatic nitrogens is 2. The summed E-state index contributed by atoms with van der Waals surface area (Å²) in [5, 5.41) is 0. The molecular weight excluding hydrogens is 244 g/mol. The summed E-state index contributed by atoms with van der Waals surface area (Å²) >= 11 is 5.41. The fourth-order valence-electron chi connectivity index (χ4n) is 3.00. The Labute approximate surface area is 113 Å². The smallest absolute Gasteiger partial charge is 0.135 e. The van der Waals surface area contributed by atoms with Gasteiger partial charge in [0.05, 0.1) is 13.2 Å². The molecule has 0 spiro atoms. The first kappa shape index (κ1) is 12.3. The molecule has 1 N–H and O–H groups in total. The summed E-state index contributed by atoms with van der Waals surface area (Å²) < 4.78 is 6.20. The van der Waals surface area contributed by atoms with E-state index in [1.54, 1.807) is 0 Å². The van der Waals surface area contributed by atoms with Gasteiger partial charge >= 0.3 is 0 Å². The molecule has 0 bridgehead atoms. The van der Waals surface area contributed by atoms with Crippen LogP contribution in [0.4, 0.5) is 0 Å². The van der Waals surface area contributed by atoms with Crippen molar-refractivity contribution >= 4 is 12.2 Å². The second-order valence-electron chi connectivity index (χ2n) is 5.64. The van der Waals surface area contributed by atoms with Crippen molar-refractivity contribution in [2.75, 3.05) is 6.61 Å². The number of hydrogen-bond acceptors (Lipinski definition) is 3. The molecule has 2 heterocycles. The van der Waals surface area contributed by atoms with E-state index < -0.39 is 0 Å². The molecule has 0 aromatic carbocycles. The average Bonchev–Trinajstić information content (AvgIpc) is 2.39. The van der Waals surface area contributed by atoms with Crippen LogP contribution in [0.25, 0.3) is 0 Å². The zero-order valence-electron chi connectivity index (χ0n) is 10.9. The van der Waals surface area contributed by atoms with E-state index in [9.17, 15) is 0 Å². The van der Waals surface area contributed by atoms with Gasteiger partial charge in [0.2, 0.25) is 0 Å². The Balaban J connectivity index is 1.89. The highest BCUT2D eigenvalue weighted by Gasteiger charge is 2.23. The summed E-state index contributed by atoms with van der Waals surface area (Å²) in [5.41, 5.74) is 2.36. The molecule has 0 atom stereocenters. The van der Waals surface area contributed by atoms with Crippen molar-refractivity contribution in [3.8, 4) is 0 Å². The van der Waals surface area contributed by atoms with Gasteiger partial charge in [-0.05, 0) is 18.8 Å². The Kier molecular flexibility index (Phi) is 3.48. The quantitative estimate of drug-likeness (QED) is 0.789. The highest BCUT2D eigenvalue weighted by atomic mass is 32.1. The minimum atomic E-state index is 0.580. The molecule has 1 aliphatic carbocycles. The van der Waals surface area contributed by atoms with Gasteiger partial charge < -0.3 is 9.72 Å². The first-order valence-electron chi connectivity index (χ1n) is 6.93. The molecule has 0 radical (unpaired) electrons. The van der Waals surface area contributed by atoms with E-state index in [-0.39, 0.29) is 0 Å². The average molecular weight is 264 g/mol. The third-order valence-electron chi connectivity index (χ3n) is 4.27. The lowest BCUT2D eigenvalue weighted by Gasteiger charge is -2.26. The molecule has 1 aromatic heterocycles. The molecule has 1 fully saturated rings. The number of nitrogens with zero attached hydrogens (tertiary/aromatic N) is 1. The van der Waals surface area contributed by atoms with Crippen LogP contribution in [0.1, 0.15) is 55.6 Å². The fourth-order valence-corrected chi connectivity index (χ4v) is 3.28. The predicted molar refractivity (Wildman–Crippen MR) is 73.2 cm³/mol. The van der Waals surface area contributed by atoms with E-state index in [1.165, 1.54) is 31.4 Å². The molecule has 0 unspecified atom stereocenters. The summed E-state index contributed by atoms with van der Waals surface area (Å²) in [4.78, 5) is 8.15. The van der Waals surface area contributed by atoms with E-state index in [0.29, 0.717) is 12.5 Å². The van der Waals surface area contributed by atoms with E-state index in [0.717, 1.165) is 35.0 Å². The predicted octanol–water partition coefficient (Wildman–Crippen LogP) is 3.51. The molecule has 2 aliphatic rings. The number of H-pyrrole nitrogens is 1. The van der Waals surface area contributed by atoms with E-state index in [2.05, 4.69) is 16.9 Å². The van der Waals surface area contributed by atoms with Gasteiger partial charge in [0.1, 0.15) is 10.5 Å². The summed E-state index contributed by atoms with van der Waals surface area (Å²) in [5.74, 6) is 2.57. The molecule has 1 aromatic rings. The van der Waals surface area contributed by atoms with Gasteiger partial charge in [-0.2, -0.15) is 0 Å². The van der Waals surface area contributed by atoms with E-state index >= 15 is 0 Å². The van der Waals surface area contributed by atoms with Crippen molar-refractivity contribution < 1.29 is 4.74 Å². The van der Waals surface area contributed by atoms with Gasteiger partial charge in [0.15, 0.2) is 0 Å². The van der Waals surface area contributed by atoms with Crippen molar-refractivity contribution in [3.05, 3.63) is 21.7 Å². The van der Waals surface area contributed by atoms with Crippen molar-refractivity contribution in [1.29, 1.82) is 0 Å². The number of aromatic amines is 1. The fraction of sp³-hybridized carbons (Fsp3) is 0.714. The normalized spacial score (nSPS) is 27.8. The molecule has 4 heteroatoms. The van der Waals surface area contributed by atoms with Crippen LogP contribution >= 0.6 is 12.2 Å². The van der Waals surface area contributed by atoms with Crippen LogP contribution in [0.3, 0.4) is 0 Å². The highest BCUT2D eigenvalue weighted by Crippen LogP contribution is 2.34. The van der Waals surface area contributed by atoms with Gasteiger partial charge in [0, 0.05) is 23.6 Å². The first-order chi connectivity index (χ1) is 8.74. The first-order valence-corrected chi connectivity index (χ1v) is 7.34. The molecule has 3 rings (SSSR count). The highest BCUT2D eigenvalue weighted by molar-refractivity contribution is 7.71. The summed E-state index contributed by atoms with van der Waals surface area (Å²) in [6.07, 6.45) is 6.06. The Morgan fingerprint density at radius 1 is 1.28 bits per heavy atom. The van der Waals surface area contributed by atoms with Crippen molar-refractivity contribution in [3.63, 3.8) is 0 Å². The topological polar surface area (TPSA) is 37.9 Å². The second kappa shape index (κ2) is 5.10. The van der Waals surface area contributed by atoms with Crippen molar-refractivity contribution in [2.24, 2.45) is 5.92 Å². The van der Waals surface area contributed by atoms with Gasteiger partial charge in [-0.25, -0.2) is 4.98 Å². The molecule has 0 saturated heterocycles. The maximum atomic E-state index is 5.45. The number of nitrogens with one attached hydrogen (secondary N) is 1. The molecule has 18 heavy (non-hydrogen) atoms. The lowest BCUT2D eigenvalue weighted by atomic mass is 9.82. The summed E-state index contributed by atoms with van der Waals surface area (Å²) in [7, 11) is 0. The third-order valence-corrected chi connectivity index (χ3v) is 4.61. The van der Waals surface area contributed by atoms with E-state index in [4.69, 9.17) is 17.0 Å². The molecule has 1 aliphatic heterocycles. The second-order valence-corrected chi connectivity index (χ2v) is 6.03. The minimum Gasteiger partial charge on any atom is -0.376 e. The number of fused-ring (bicyclic) bond motifs is 1. The zero-order chi connectivity index (χ0) is 12.5. The van der Waals surface area contributed by atoms with Gasteiger partial charge in [-0.1, -0.05) is 32.0 Å². The Morgan fingerprint density at radius 3 is 2.83 bits per heavy atom. The molecule has 98 valence electrons. The minimum absolute atomic E-state index is 0.580. The van der Waals surface area contributed by atoms with Crippen LogP contribution in [-0.2, 0) is 17.8 Å². The monoisotopic (exact) mass is 264 g/mol. The van der Waals surface area contributed by atoms with Gasteiger partial charge in [-0.15, -0.1) is 0 Å². The third kappa shape index (κ3) is 2.36. The van der Waals surface area contributed by atoms with Gasteiger partial charge in [0.25, 0.3) is 0 Å². The van der Waals surface area contributed by atoms with Crippen LogP contribution in [0.5, 0.6) is 0 Å². The van der Waals surface area contributed by atoms with Crippen LogP contribution in [0, 0.1) is 10.6 Å². The standard InChI is InChI=1S/C14H20N2OS/c1-9-2-4-10(5-3-9)13-15-12-6-7-17-8-11(12)14(18)16-13/h9-10H,2-8H2,1H3,(H,15,16,18). The van der Waals surface area contributed by atoms with Crippen LogP contribution in [0.2, 0.25) is 0 Å². The zero-order valence-corrected chi connectivity index (χ0v) is 11.7. The number of hydrogen-bond donors (Lipinski definition) is 1. The Hall–Kier alpha value is -0.740. The lowest BCUT2D eigenvalue weighted by molar-refractivity contribution is 0.108. The SMILES string of the molecule is CC1CCC(c2nc(=S)c3c([nH]2)CCOC3)CC1. The van der Waals surface area contributed by atoms with Crippen molar-refractivity contribution in [1.82, 2.24) is 9.97 Å². The van der Waals surface area contributed by atoms with E-state index in [1.807, 2.05) is 0 Å². The summed E-state index contributed by atoms with van der Waals surface area (Å²) in [6, 6.07) is 0. The molecule has 3 nitrogen and oxygen atoms in total. The maximum Gasteiger partial charge on any atom is 0.135 e. The molecular formula is C14H20N2OS.